The van der Waals surface area contributed by atoms with Crippen LogP contribution >= 0.6 is 0 Å². The van der Waals surface area contributed by atoms with Crippen molar-refractivity contribution in [3.8, 4) is 22.6 Å². The lowest BCUT2D eigenvalue weighted by Crippen LogP contribution is -2.21. The molecule has 2 unspecified atom stereocenters. The lowest BCUT2D eigenvalue weighted by molar-refractivity contribution is 0.355. The van der Waals surface area contributed by atoms with E-state index in [2.05, 4.69) is 39.8 Å². The number of benzene rings is 2. The minimum atomic E-state index is 0.303. The van der Waals surface area contributed by atoms with E-state index in [0.29, 0.717) is 17.9 Å². The molecule has 0 saturated carbocycles. The van der Waals surface area contributed by atoms with Gasteiger partial charge in [0.25, 0.3) is 0 Å². The van der Waals surface area contributed by atoms with Gasteiger partial charge in [-0.15, -0.1) is 0 Å². The van der Waals surface area contributed by atoms with Gasteiger partial charge in [-0.05, 0) is 35.1 Å². The molecule has 140 valence electrons. The molecule has 2 atom stereocenters. The van der Waals surface area contributed by atoms with Crippen molar-refractivity contribution in [2.75, 3.05) is 14.2 Å². The number of nitrogens with zero attached hydrogens (tertiary/aromatic N) is 1. The predicted molar refractivity (Wildman–Crippen MR) is 111 cm³/mol. The monoisotopic (exact) mass is 353 g/mol. The zero-order chi connectivity index (χ0) is 19.1. The van der Waals surface area contributed by atoms with Crippen molar-refractivity contribution < 1.29 is 9.47 Å². The van der Waals surface area contributed by atoms with Crippen LogP contribution in [0, 0.1) is 11.8 Å². The number of rotatable bonds is 8. The molecular formula is C23H31NO2. The molecule has 0 fully saturated rings. The third-order valence-electron chi connectivity index (χ3n) is 4.94. The Balaban J connectivity index is 2.53. The molecule has 3 heteroatoms. The van der Waals surface area contributed by atoms with Crippen LogP contribution in [0.1, 0.15) is 39.7 Å². The summed E-state index contributed by atoms with van der Waals surface area (Å²) in [4.78, 5) is 4.96. The van der Waals surface area contributed by atoms with Gasteiger partial charge < -0.3 is 9.47 Å². The molecule has 0 spiro atoms. The van der Waals surface area contributed by atoms with Gasteiger partial charge in [-0.1, -0.05) is 64.4 Å². The average Bonchev–Trinajstić information content (AvgIpc) is 2.67. The lowest BCUT2D eigenvalue weighted by atomic mass is 9.90. The van der Waals surface area contributed by atoms with Crippen LogP contribution in [-0.4, -0.2) is 26.5 Å². The van der Waals surface area contributed by atoms with E-state index in [1.165, 1.54) is 0 Å². The maximum absolute atomic E-state index is 5.50. The first-order valence-corrected chi connectivity index (χ1v) is 9.36. The maximum Gasteiger partial charge on any atom is 0.161 e. The van der Waals surface area contributed by atoms with Crippen LogP contribution < -0.4 is 9.47 Å². The molecule has 26 heavy (non-hydrogen) atoms. The Morgan fingerprint density at radius 1 is 0.962 bits per heavy atom. The van der Waals surface area contributed by atoms with Crippen LogP contribution in [0.25, 0.3) is 11.1 Å². The van der Waals surface area contributed by atoms with Gasteiger partial charge in [0.1, 0.15) is 0 Å². The molecule has 0 bridgehead atoms. The van der Waals surface area contributed by atoms with Gasteiger partial charge in [-0.2, -0.15) is 0 Å². The van der Waals surface area contributed by atoms with Crippen molar-refractivity contribution in [2.24, 2.45) is 16.8 Å². The molecule has 0 aliphatic heterocycles. The van der Waals surface area contributed by atoms with Crippen molar-refractivity contribution in [1.82, 2.24) is 0 Å². The van der Waals surface area contributed by atoms with Crippen molar-refractivity contribution in [1.29, 1.82) is 0 Å². The molecule has 3 nitrogen and oxygen atoms in total. The number of aliphatic imine (C=N–C) groups is 1. The van der Waals surface area contributed by atoms with E-state index in [-0.39, 0.29) is 0 Å². The summed E-state index contributed by atoms with van der Waals surface area (Å²) in [5, 5.41) is 0. The normalized spacial score (nSPS) is 13.8. The second kappa shape index (κ2) is 9.42. The van der Waals surface area contributed by atoms with Crippen molar-refractivity contribution >= 4 is 6.21 Å². The van der Waals surface area contributed by atoms with Crippen molar-refractivity contribution in [3.63, 3.8) is 0 Å². The third-order valence-corrected chi connectivity index (χ3v) is 4.94. The maximum atomic E-state index is 5.50. The molecule has 0 aliphatic carbocycles. The topological polar surface area (TPSA) is 30.8 Å². The zero-order valence-corrected chi connectivity index (χ0v) is 16.8. The summed E-state index contributed by atoms with van der Waals surface area (Å²) in [6, 6.07) is 14.7. The molecule has 2 rings (SSSR count). The number of hydrogen-bond donors (Lipinski definition) is 0. The SMILES string of the molecule is CCC(C)C(N=Cc1cc(OC)c(OC)cc1-c1ccccc1)C(C)C. The minimum absolute atomic E-state index is 0.303. The highest BCUT2D eigenvalue weighted by Gasteiger charge is 2.18. The molecule has 0 aliphatic rings. The first kappa shape index (κ1) is 20.0. The molecule has 0 saturated heterocycles. The molecule has 0 N–H and O–H groups in total. The second-order valence-corrected chi connectivity index (χ2v) is 7.06. The summed E-state index contributed by atoms with van der Waals surface area (Å²) in [5.41, 5.74) is 3.28. The third kappa shape index (κ3) is 4.66. The zero-order valence-electron chi connectivity index (χ0n) is 16.8. The van der Waals surface area contributed by atoms with E-state index < -0.39 is 0 Å². The van der Waals surface area contributed by atoms with E-state index in [0.717, 1.165) is 34.6 Å². The summed E-state index contributed by atoms with van der Waals surface area (Å²) < 4.78 is 11.0. The highest BCUT2D eigenvalue weighted by Crippen LogP contribution is 2.35. The fraction of sp³-hybridized carbons (Fsp3) is 0.435. The van der Waals surface area contributed by atoms with Crippen LogP contribution in [0.2, 0.25) is 0 Å². The molecule has 2 aromatic rings. The minimum Gasteiger partial charge on any atom is -0.493 e. The van der Waals surface area contributed by atoms with Crippen molar-refractivity contribution in [2.45, 2.75) is 40.2 Å². The summed E-state index contributed by atoms with van der Waals surface area (Å²) in [6.07, 6.45) is 3.12. The average molecular weight is 354 g/mol. The Labute approximate surface area is 158 Å². The molecule has 0 amide bonds. The summed E-state index contributed by atoms with van der Waals surface area (Å²) >= 11 is 0. The Morgan fingerprint density at radius 2 is 1.58 bits per heavy atom. The summed E-state index contributed by atoms with van der Waals surface area (Å²) in [7, 11) is 3.33. The van der Waals surface area contributed by atoms with Gasteiger partial charge >= 0.3 is 0 Å². The standard InChI is InChI=1S/C23H31NO2/c1-7-17(4)23(16(2)3)24-15-19-13-21(25-5)22(26-6)14-20(19)18-11-9-8-10-12-18/h8-17,23H,7H2,1-6H3. The number of methoxy groups -OCH3 is 2. The smallest absolute Gasteiger partial charge is 0.161 e. The van der Waals surface area contributed by atoms with E-state index in [4.69, 9.17) is 14.5 Å². The summed E-state index contributed by atoms with van der Waals surface area (Å²) in [5.74, 6) is 2.50. The Kier molecular flexibility index (Phi) is 7.26. The van der Waals surface area contributed by atoms with E-state index in [1.807, 2.05) is 36.5 Å². The molecule has 0 radical (unpaired) electrons. The first-order chi connectivity index (χ1) is 12.5. The Bertz CT molecular complexity index is 722. The first-order valence-electron chi connectivity index (χ1n) is 9.36. The molecular weight excluding hydrogens is 322 g/mol. The quantitative estimate of drug-likeness (QED) is 0.556. The van der Waals surface area contributed by atoms with Gasteiger partial charge in [0.15, 0.2) is 11.5 Å². The molecule has 0 heterocycles. The predicted octanol–water partition coefficient (Wildman–Crippen LogP) is 5.86. The van der Waals surface area contributed by atoms with Crippen LogP contribution in [0.15, 0.2) is 47.5 Å². The highest BCUT2D eigenvalue weighted by molar-refractivity contribution is 5.92. The van der Waals surface area contributed by atoms with Gasteiger partial charge in [0, 0.05) is 11.8 Å². The van der Waals surface area contributed by atoms with Crippen LogP contribution in [-0.2, 0) is 0 Å². The van der Waals surface area contributed by atoms with Crippen LogP contribution in [0.3, 0.4) is 0 Å². The Morgan fingerprint density at radius 3 is 2.12 bits per heavy atom. The van der Waals surface area contributed by atoms with Gasteiger partial charge in [-0.3, -0.25) is 4.99 Å². The molecule has 0 aromatic heterocycles. The van der Waals surface area contributed by atoms with Crippen molar-refractivity contribution in [3.05, 3.63) is 48.0 Å². The van der Waals surface area contributed by atoms with Crippen LogP contribution in [0.5, 0.6) is 11.5 Å². The van der Waals surface area contributed by atoms with Gasteiger partial charge in [0.2, 0.25) is 0 Å². The largest absolute Gasteiger partial charge is 0.493 e. The summed E-state index contributed by atoms with van der Waals surface area (Å²) in [6.45, 7) is 8.97. The second-order valence-electron chi connectivity index (χ2n) is 7.06. The molecule has 2 aromatic carbocycles. The van der Waals surface area contributed by atoms with Crippen LogP contribution in [0.4, 0.5) is 0 Å². The van der Waals surface area contributed by atoms with Gasteiger partial charge in [0.05, 0.1) is 20.3 Å². The number of hydrogen-bond acceptors (Lipinski definition) is 3. The van der Waals surface area contributed by atoms with Gasteiger partial charge in [-0.25, -0.2) is 0 Å². The number of ether oxygens (including phenoxy) is 2. The fourth-order valence-corrected chi connectivity index (χ4v) is 3.25. The van der Waals surface area contributed by atoms with E-state index in [9.17, 15) is 0 Å². The highest BCUT2D eigenvalue weighted by atomic mass is 16.5. The van der Waals surface area contributed by atoms with E-state index >= 15 is 0 Å². The van der Waals surface area contributed by atoms with E-state index in [1.54, 1.807) is 14.2 Å². The Hall–Kier alpha value is -2.29. The lowest BCUT2D eigenvalue weighted by Gasteiger charge is -2.23. The fourth-order valence-electron chi connectivity index (χ4n) is 3.25.